The zero-order valence-electron chi connectivity index (χ0n) is 14.6. The van der Waals surface area contributed by atoms with E-state index >= 15 is 0 Å². The summed E-state index contributed by atoms with van der Waals surface area (Å²) in [7, 11) is 1.96. The molecular formula is C20H29N3S. The van der Waals surface area contributed by atoms with E-state index in [0.717, 1.165) is 13.0 Å². The molecule has 1 fully saturated rings. The largest absolute Gasteiger partial charge is 0.381 e. The van der Waals surface area contributed by atoms with Crippen LogP contribution in [0.2, 0.25) is 0 Å². The Kier molecular flexibility index (Phi) is 6.67. The Morgan fingerprint density at radius 1 is 1.08 bits per heavy atom. The van der Waals surface area contributed by atoms with Gasteiger partial charge in [-0.25, -0.2) is 0 Å². The van der Waals surface area contributed by atoms with Crippen molar-refractivity contribution in [2.45, 2.75) is 55.9 Å². The molecule has 1 aromatic carbocycles. The first-order valence-electron chi connectivity index (χ1n) is 9.19. The van der Waals surface area contributed by atoms with Gasteiger partial charge >= 0.3 is 0 Å². The molecule has 0 amide bonds. The van der Waals surface area contributed by atoms with Crippen LogP contribution in [0.4, 0.5) is 11.4 Å². The average molecular weight is 344 g/mol. The van der Waals surface area contributed by atoms with Crippen molar-refractivity contribution in [1.82, 2.24) is 4.72 Å². The number of nitrogens with one attached hydrogen (secondary N) is 3. The predicted molar refractivity (Wildman–Crippen MR) is 107 cm³/mol. The van der Waals surface area contributed by atoms with Crippen LogP contribution in [0.5, 0.6) is 0 Å². The van der Waals surface area contributed by atoms with Crippen LogP contribution < -0.4 is 15.4 Å². The summed E-state index contributed by atoms with van der Waals surface area (Å²) in [5, 5.41) is 7.43. The molecule has 0 unspecified atom stereocenters. The number of allylic oxidation sites excluding steroid dienone is 2. The van der Waals surface area contributed by atoms with E-state index in [-0.39, 0.29) is 0 Å². The van der Waals surface area contributed by atoms with E-state index in [1.807, 2.05) is 7.05 Å². The third kappa shape index (κ3) is 5.05. The molecular weight excluding hydrogens is 314 g/mol. The lowest BCUT2D eigenvalue weighted by Crippen LogP contribution is -2.23. The Hall–Kier alpha value is -1.39. The SMILES string of the molecule is CNSc1ccc(NC2CCCCC2)c(NCC2=CCCC=C2)c1. The molecule has 0 aromatic heterocycles. The van der Waals surface area contributed by atoms with Gasteiger partial charge in [-0.2, -0.15) is 0 Å². The lowest BCUT2D eigenvalue weighted by Gasteiger charge is -2.26. The Labute approximate surface area is 150 Å². The van der Waals surface area contributed by atoms with Gasteiger partial charge in [-0.05, 0) is 68.5 Å². The second kappa shape index (κ2) is 9.19. The zero-order chi connectivity index (χ0) is 16.6. The quantitative estimate of drug-likeness (QED) is 0.584. The summed E-state index contributed by atoms with van der Waals surface area (Å²) in [4.78, 5) is 1.24. The normalized spacial score (nSPS) is 18.3. The maximum absolute atomic E-state index is 3.78. The summed E-state index contributed by atoms with van der Waals surface area (Å²) in [6, 6.07) is 7.29. The highest BCUT2D eigenvalue weighted by Crippen LogP contribution is 2.30. The molecule has 4 heteroatoms. The Balaban J connectivity index is 1.70. The first-order valence-corrected chi connectivity index (χ1v) is 10.0. The zero-order valence-corrected chi connectivity index (χ0v) is 15.4. The van der Waals surface area contributed by atoms with Crippen molar-refractivity contribution in [3.63, 3.8) is 0 Å². The van der Waals surface area contributed by atoms with Crippen molar-refractivity contribution in [1.29, 1.82) is 0 Å². The molecule has 0 aliphatic heterocycles. The van der Waals surface area contributed by atoms with Crippen molar-refractivity contribution in [2.75, 3.05) is 24.2 Å². The minimum absolute atomic E-state index is 0.621. The molecule has 1 aromatic rings. The average Bonchev–Trinajstić information content (AvgIpc) is 2.64. The second-order valence-electron chi connectivity index (χ2n) is 6.61. The van der Waals surface area contributed by atoms with Crippen LogP contribution in [0.15, 0.2) is 46.9 Å². The van der Waals surface area contributed by atoms with Crippen LogP contribution >= 0.6 is 11.9 Å². The second-order valence-corrected chi connectivity index (χ2v) is 7.69. The number of hydrogen-bond acceptors (Lipinski definition) is 4. The molecule has 0 bridgehead atoms. The Morgan fingerprint density at radius 2 is 1.96 bits per heavy atom. The first kappa shape index (κ1) is 17.4. The minimum atomic E-state index is 0.621. The predicted octanol–water partition coefficient (Wildman–Crippen LogP) is 5.35. The number of anilines is 2. The number of benzene rings is 1. The molecule has 3 rings (SSSR count). The fraction of sp³-hybridized carbons (Fsp3) is 0.500. The smallest absolute Gasteiger partial charge is 0.0590 e. The third-order valence-electron chi connectivity index (χ3n) is 4.73. The van der Waals surface area contributed by atoms with E-state index < -0.39 is 0 Å². The van der Waals surface area contributed by atoms with Crippen LogP contribution in [0.25, 0.3) is 0 Å². The van der Waals surface area contributed by atoms with Gasteiger partial charge in [0.25, 0.3) is 0 Å². The van der Waals surface area contributed by atoms with Crippen molar-refractivity contribution < 1.29 is 0 Å². The summed E-state index contributed by atoms with van der Waals surface area (Å²) in [5.74, 6) is 0. The van der Waals surface area contributed by atoms with Gasteiger partial charge in [-0.1, -0.05) is 37.5 Å². The van der Waals surface area contributed by atoms with E-state index in [9.17, 15) is 0 Å². The fourth-order valence-electron chi connectivity index (χ4n) is 3.44. The standard InChI is InChI=1S/C20H29N3S/c1-21-24-18-12-13-19(23-17-10-6-3-7-11-17)20(14-18)22-15-16-8-4-2-5-9-16/h4,8-9,12-14,17,21-23H,2-3,5-7,10-11,15H2,1H3. The van der Waals surface area contributed by atoms with Gasteiger partial charge < -0.3 is 10.6 Å². The van der Waals surface area contributed by atoms with Gasteiger partial charge in [-0.15, -0.1) is 0 Å². The summed E-state index contributed by atoms with van der Waals surface area (Å²) in [6.45, 7) is 0.892. The van der Waals surface area contributed by atoms with Gasteiger partial charge in [-0.3, -0.25) is 4.72 Å². The Morgan fingerprint density at radius 3 is 2.71 bits per heavy atom. The highest BCUT2D eigenvalue weighted by molar-refractivity contribution is 7.97. The molecule has 24 heavy (non-hydrogen) atoms. The minimum Gasteiger partial charge on any atom is -0.381 e. The van der Waals surface area contributed by atoms with Crippen LogP contribution in [-0.2, 0) is 0 Å². The maximum atomic E-state index is 3.78. The molecule has 3 N–H and O–H groups in total. The molecule has 0 saturated heterocycles. The lowest BCUT2D eigenvalue weighted by atomic mass is 9.95. The van der Waals surface area contributed by atoms with Gasteiger partial charge in [0.1, 0.15) is 0 Å². The molecule has 0 atom stereocenters. The highest BCUT2D eigenvalue weighted by Gasteiger charge is 2.15. The third-order valence-corrected chi connectivity index (χ3v) is 5.42. The molecule has 0 spiro atoms. The van der Waals surface area contributed by atoms with Gasteiger partial charge in [0.2, 0.25) is 0 Å². The number of rotatable bonds is 7. The Bertz CT molecular complexity index is 589. The summed E-state index contributed by atoms with van der Waals surface area (Å²) >= 11 is 1.66. The van der Waals surface area contributed by atoms with E-state index in [0.29, 0.717) is 6.04 Å². The van der Waals surface area contributed by atoms with Crippen molar-refractivity contribution in [3.05, 3.63) is 42.0 Å². The van der Waals surface area contributed by atoms with Crippen molar-refractivity contribution in [2.24, 2.45) is 0 Å². The van der Waals surface area contributed by atoms with E-state index in [4.69, 9.17) is 0 Å². The number of hydrogen-bond donors (Lipinski definition) is 3. The lowest BCUT2D eigenvalue weighted by molar-refractivity contribution is 0.463. The summed E-state index contributed by atoms with van der Waals surface area (Å²) in [5.41, 5.74) is 3.83. The molecule has 0 radical (unpaired) electrons. The van der Waals surface area contributed by atoms with Crippen LogP contribution in [-0.4, -0.2) is 19.6 Å². The molecule has 1 saturated carbocycles. The molecule has 0 heterocycles. The van der Waals surface area contributed by atoms with Crippen molar-refractivity contribution in [3.8, 4) is 0 Å². The van der Waals surface area contributed by atoms with Crippen LogP contribution in [0.3, 0.4) is 0 Å². The fourth-order valence-corrected chi connectivity index (χ4v) is 3.99. The van der Waals surface area contributed by atoms with Gasteiger partial charge in [0, 0.05) is 17.5 Å². The van der Waals surface area contributed by atoms with Gasteiger partial charge in [0.05, 0.1) is 11.4 Å². The summed E-state index contributed by atoms with van der Waals surface area (Å²) in [6.07, 6.45) is 15.9. The topological polar surface area (TPSA) is 36.1 Å². The maximum Gasteiger partial charge on any atom is 0.0590 e. The summed E-state index contributed by atoms with van der Waals surface area (Å²) < 4.78 is 3.16. The first-order chi connectivity index (χ1) is 11.8. The monoisotopic (exact) mass is 343 g/mol. The van der Waals surface area contributed by atoms with E-state index in [1.165, 1.54) is 60.4 Å². The molecule has 3 nitrogen and oxygen atoms in total. The molecule has 130 valence electrons. The van der Waals surface area contributed by atoms with Gasteiger partial charge in [0.15, 0.2) is 0 Å². The van der Waals surface area contributed by atoms with E-state index in [1.54, 1.807) is 11.9 Å². The van der Waals surface area contributed by atoms with Crippen LogP contribution in [0, 0.1) is 0 Å². The van der Waals surface area contributed by atoms with E-state index in [2.05, 4.69) is 51.8 Å². The molecule has 2 aliphatic carbocycles. The molecule has 2 aliphatic rings. The van der Waals surface area contributed by atoms with Crippen molar-refractivity contribution >= 4 is 23.3 Å². The van der Waals surface area contributed by atoms with Crippen LogP contribution in [0.1, 0.15) is 44.9 Å². The highest BCUT2D eigenvalue weighted by atomic mass is 32.2.